The molecule has 0 aliphatic heterocycles. The minimum atomic E-state index is -0.900. The molecule has 0 aromatic carbocycles. The lowest BCUT2D eigenvalue weighted by Gasteiger charge is -2.25. The molecule has 2 aromatic rings. The third-order valence-corrected chi connectivity index (χ3v) is 4.00. The van der Waals surface area contributed by atoms with E-state index in [0.29, 0.717) is 18.6 Å². The topological polar surface area (TPSA) is 84.5 Å². The molecule has 0 bridgehead atoms. The van der Waals surface area contributed by atoms with E-state index in [1.54, 1.807) is 30.5 Å². The van der Waals surface area contributed by atoms with Crippen LogP contribution in [0.15, 0.2) is 45.7 Å². The van der Waals surface area contributed by atoms with Gasteiger partial charge in [0, 0.05) is 18.8 Å². The third kappa shape index (κ3) is 4.32. The highest BCUT2D eigenvalue weighted by Gasteiger charge is 2.23. The third-order valence-electron chi connectivity index (χ3n) is 4.00. The lowest BCUT2D eigenvalue weighted by atomic mass is 9.97. The first kappa shape index (κ1) is 17.0. The largest absolute Gasteiger partial charge is 0.454 e. The van der Waals surface area contributed by atoms with Gasteiger partial charge in [-0.15, -0.1) is 0 Å². The Bertz CT molecular complexity index is 713. The van der Waals surface area contributed by atoms with Gasteiger partial charge in [-0.1, -0.05) is 19.9 Å². The summed E-state index contributed by atoms with van der Waals surface area (Å²) in [6, 6.07) is 8.12. The fourth-order valence-corrected chi connectivity index (χ4v) is 2.18. The summed E-state index contributed by atoms with van der Waals surface area (Å²) in [4.78, 5) is 23.7. The second kappa shape index (κ2) is 7.28. The number of hydrogen-bond acceptors (Lipinski definition) is 4. The van der Waals surface area contributed by atoms with Gasteiger partial charge in [-0.3, -0.25) is 9.59 Å². The van der Waals surface area contributed by atoms with Crippen LogP contribution in [0, 0.1) is 0 Å². The molecular weight excluding hydrogens is 296 g/mol. The predicted octanol–water partition coefficient (Wildman–Crippen LogP) is 1.77. The van der Waals surface area contributed by atoms with Gasteiger partial charge in [0.1, 0.15) is 5.76 Å². The molecule has 1 amide bonds. The van der Waals surface area contributed by atoms with Crippen LogP contribution in [0.25, 0.3) is 0 Å². The molecule has 2 aromatic heterocycles. The quantitative estimate of drug-likeness (QED) is 0.815. The van der Waals surface area contributed by atoms with E-state index < -0.39 is 5.60 Å². The van der Waals surface area contributed by atoms with E-state index >= 15 is 0 Å². The molecule has 2 rings (SSSR count). The Kier molecular flexibility index (Phi) is 5.39. The van der Waals surface area contributed by atoms with Crippen LogP contribution < -0.4 is 10.9 Å². The lowest BCUT2D eigenvalue weighted by Crippen LogP contribution is -2.41. The summed E-state index contributed by atoms with van der Waals surface area (Å²) >= 11 is 0. The van der Waals surface area contributed by atoms with E-state index in [1.165, 1.54) is 10.6 Å². The number of carbonyl (C=O) groups excluding carboxylic acids is 1. The molecule has 124 valence electrons. The molecule has 2 N–H and O–H groups in total. The van der Waals surface area contributed by atoms with E-state index in [4.69, 9.17) is 4.42 Å². The molecule has 2 heterocycles. The zero-order chi connectivity index (χ0) is 16.9. The molecule has 6 nitrogen and oxygen atoms in total. The van der Waals surface area contributed by atoms with Crippen LogP contribution in [0.1, 0.15) is 43.0 Å². The SMILES string of the molecule is CCC(O)(CC)CNC(=O)c1ccc(Cn2ccccc2=O)o1. The number of amides is 1. The van der Waals surface area contributed by atoms with Crippen LogP contribution in [-0.4, -0.2) is 27.7 Å². The molecule has 0 aliphatic rings. The Balaban J connectivity index is 2.00. The molecule has 0 radical (unpaired) electrons. The van der Waals surface area contributed by atoms with Crippen molar-refractivity contribution in [1.29, 1.82) is 0 Å². The van der Waals surface area contributed by atoms with Gasteiger partial charge in [0.15, 0.2) is 5.76 Å². The second-order valence-corrected chi connectivity index (χ2v) is 5.55. The van der Waals surface area contributed by atoms with Crippen molar-refractivity contribution in [3.05, 3.63) is 58.4 Å². The summed E-state index contributed by atoms with van der Waals surface area (Å²) in [7, 11) is 0. The van der Waals surface area contributed by atoms with Gasteiger partial charge >= 0.3 is 0 Å². The molecule has 0 saturated heterocycles. The Labute approximate surface area is 134 Å². The van der Waals surface area contributed by atoms with Crippen molar-refractivity contribution < 1.29 is 14.3 Å². The summed E-state index contributed by atoms with van der Waals surface area (Å²) < 4.78 is 6.98. The van der Waals surface area contributed by atoms with Crippen LogP contribution >= 0.6 is 0 Å². The highest BCUT2D eigenvalue weighted by Crippen LogP contribution is 2.14. The number of nitrogens with zero attached hydrogens (tertiary/aromatic N) is 1. The van der Waals surface area contributed by atoms with Gasteiger partial charge < -0.3 is 19.4 Å². The summed E-state index contributed by atoms with van der Waals surface area (Å²) in [5, 5.41) is 12.9. The molecule has 23 heavy (non-hydrogen) atoms. The zero-order valence-corrected chi connectivity index (χ0v) is 13.4. The maximum absolute atomic E-state index is 12.1. The maximum Gasteiger partial charge on any atom is 0.287 e. The normalized spacial score (nSPS) is 11.4. The van der Waals surface area contributed by atoms with Crippen molar-refractivity contribution in [2.45, 2.75) is 38.8 Å². The molecule has 0 aliphatic carbocycles. The van der Waals surface area contributed by atoms with E-state index in [2.05, 4.69) is 5.32 Å². The van der Waals surface area contributed by atoms with Gasteiger partial charge in [-0.2, -0.15) is 0 Å². The average molecular weight is 318 g/mol. The van der Waals surface area contributed by atoms with E-state index in [-0.39, 0.29) is 30.3 Å². The predicted molar refractivity (Wildman–Crippen MR) is 86.4 cm³/mol. The Morgan fingerprint density at radius 3 is 2.65 bits per heavy atom. The van der Waals surface area contributed by atoms with Crippen LogP contribution in [0.2, 0.25) is 0 Å². The molecular formula is C17H22N2O4. The number of hydrogen-bond donors (Lipinski definition) is 2. The Morgan fingerprint density at radius 2 is 2.00 bits per heavy atom. The number of pyridine rings is 1. The highest BCUT2D eigenvalue weighted by atomic mass is 16.4. The molecule has 0 spiro atoms. The van der Waals surface area contributed by atoms with Crippen molar-refractivity contribution in [3.63, 3.8) is 0 Å². The molecule has 6 heteroatoms. The minimum Gasteiger partial charge on any atom is -0.454 e. The summed E-state index contributed by atoms with van der Waals surface area (Å²) in [5.41, 5.74) is -1.03. The van der Waals surface area contributed by atoms with E-state index in [0.717, 1.165) is 0 Å². The van der Waals surface area contributed by atoms with Crippen molar-refractivity contribution in [2.24, 2.45) is 0 Å². The van der Waals surface area contributed by atoms with Crippen LogP contribution in [0.4, 0.5) is 0 Å². The first-order valence-electron chi connectivity index (χ1n) is 7.72. The number of aliphatic hydroxyl groups is 1. The number of rotatable bonds is 7. The number of carbonyl (C=O) groups is 1. The molecule has 0 atom stereocenters. The number of nitrogens with one attached hydrogen (secondary N) is 1. The molecule has 0 saturated carbocycles. The smallest absolute Gasteiger partial charge is 0.287 e. The lowest BCUT2D eigenvalue weighted by molar-refractivity contribution is 0.0309. The minimum absolute atomic E-state index is 0.133. The van der Waals surface area contributed by atoms with Gasteiger partial charge in [0.05, 0.1) is 12.1 Å². The highest BCUT2D eigenvalue weighted by molar-refractivity contribution is 5.91. The number of furan rings is 1. The zero-order valence-electron chi connectivity index (χ0n) is 13.4. The summed E-state index contributed by atoms with van der Waals surface area (Å²) in [5.74, 6) is 0.306. The van der Waals surface area contributed by atoms with E-state index in [1.807, 2.05) is 13.8 Å². The van der Waals surface area contributed by atoms with Crippen LogP contribution in [0.5, 0.6) is 0 Å². The Hall–Kier alpha value is -2.34. The fourth-order valence-electron chi connectivity index (χ4n) is 2.18. The standard InChI is InChI=1S/C17H22N2O4/c1-3-17(22,4-2)12-18-16(21)14-9-8-13(23-14)11-19-10-6-5-7-15(19)20/h5-10,22H,3-4,11-12H2,1-2H3,(H,18,21). The van der Waals surface area contributed by atoms with Crippen molar-refractivity contribution in [3.8, 4) is 0 Å². The van der Waals surface area contributed by atoms with Gasteiger partial charge in [0.25, 0.3) is 11.5 Å². The van der Waals surface area contributed by atoms with Crippen molar-refractivity contribution in [2.75, 3.05) is 6.54 Å². The van der Waals surface area contributed by atoms with Gasteiger partial charge in [-0.25, -0.2) is 0 Å². The summed E-state index contributed by atoms with van der Waals surface area (Å²) in [6.07, 6.45) is 2.78. The van der Waals surface area contributed by atoms with Crippen molar-refractivity contribution in [1.82, 2.24) is 9.88 Å². The first-order chi connectivity index (χ1) is 11.0. The second-order valence-electron chi connectivity index (χ2n) is 5.55. The fraction of sp³-hybridized carbons (Fsp3) is 0.412. The maximum atomic E-state index is 12.1. The van der Waals surface area contributed by atoms with Crippen LogP contribution in [0.3, 0.4) is 0 Å². The monoisotopic (exact) mass is 318 g/mol. The average Bonchev–Trinajstić information content (AvgIpc) is 3.03. The van der Waals surface area contributed by atoms with Crippen LogP contribution in [-0.2, 0) is 6.54 Å². The Morgan fingerprint density at radius 1 is 1.26 bits per heavy atom. The van der Waals surface area contributed by atoms with E-state index in [9.17, 15) is 14.7 Å². The van der Waals surface area contributed by atoms with Gasteiger partial charge in [0.2, 0.25) is 0 Å². The number of aromatic nitrogens is 1. The molecule has 0 fully saturated rings. The van der Waals surface area contributed by atoms with Crippen molar-refractivity contribution >= 4 is 5.91 Å². The first-order valence-corrected chi connectivity index (χ1v) is 7.72. The van der Waals surface area contributed by atoms with Gasteiger partial charge in [-0.05, 0) is 31.0 Å². The summed E-state index contributed by atoms with van der Waals surface area (Å²) in [6.45, 7) is 4.18. The molecule has 0 unspecified atom stereocenters.